The Morgan fingerprint density at radius 3 is 2.67 bits per heavy atom. The van der Waals surface area contributed by atoms with Crippen LogP contribution in [0.2, 0.25) is 0 Å². The molecule has 0 fully saturated rings. The van der Waals surface area contributed by atoms with Crippen LogP contribution in [-0.2, 0) is 4.79 Å². The zero-order chi connectivity index (χ0) is 9.56. The zero-order valence-corrected chi connectivity index (χ0v) is 8.69. The van der Waals surface area contributed by atoms with Gasteiger partial charge in [-0.2, -0.15) is 0 Å². The molecule has 72 valence electrons. The summed E-state index contributed by atoms with van der Waals surface area (Å²) in [5.74, 6) is -0.0961. The highest BCUT2D eigenvalue weighted by Gasteiger charge is 2.07. The van der Waals surface area contributed by atoms with Crippen LogP contribution in [0.1, 0.15) is 13.8 Å². The van der Waals surface area contributed by atoms with Crippen LogP contribution in [0.3, 0.4) is 0 Å². The van der Waals surface area contributed by atoms with Gasteiger partial charge >= 0.3 is 0 Å². The topological polar surface area (TPSA) is 32.3 Å². The summed E-state index contributed by atoms with van der Waals surface area (Å²) in [4.78, 5) is 13.1. The summed E-state index contributed by atoms with van der Waals surface area (Å²) in [6.45, 7) is 6.27. The van der Waals surface area contributed by atoms with E-state index < -0.39 is 5.38 Å². The van der Waals surface area contributed by atoms with Gasteiger partial charge in [-0.05, 0) is 20.5 Å². The fourth-order valence-electron chi connectivity index (χ4n) is 0.669. The Morgan fingerprint density at radius 2 is 2.25 bits per heavy atom. The molecule has 1 amide bonds. The Hall–Kier alpha value is -0.280. The molecule has 0 heterocycles. The fourth-order valence-corrected chi connectivity index (χ4v) is 0.746. The Balaban J connectivity index is 3.37. The van der Waals surface area contributed by atoms with Gasteiger partial charge in [0.1, 0.15) is 5.38 Å². The molecule has 0 aromatic carbocycles. The molecule has 0 aromatic rings. The molecule has 4 heteroatoms. The average Bonchev–Trinajstić information content (AvgIpc) is 2.03. The lowest BCUT2D eigenvalue weighted by atomic mass is 10.4. The summed E-state index contributed by atoms with van der Waals surface area (Å²) in [7, 11) is 2.01. The molecule has 0 bridgehead atoms. The molecule has 0 aliphatic carbocycles. The van der Waals surface area contributed by atoms with Gasteiger partial charge in [0.25, 0.3) is 0 Å². The van der Waals surface area contributed by atoms with E-state index in [1.54, 1.807) is 6.92 Å². The second-order valence-electron chi connectivity index (χ2n) is 2.80. The number of carbonyl (C=O) groups is 1. The van der Waals surface area contributed by atoms with Gasteiger partial charge in [0.05, 0.1) is 0 Å². The Kier molecular flexibility index (Phi) is 6.11. The number of hydrogen-bond donors (Lipinski definition) is 1. The largest absolute Gasteiger partial charge is 0.354 e. The first-order valence-corrected chi connectivity index (χ1v) is 4.62. The van der Waals surface area contributed by atoms with E-state index in [0.29, 0.717) is 6.54 Å². The first kappa shape index (κ1) is 11.7. The number of nitrogens with one attached hydrogen (secondary N) is 1. The van der Waals surface area contributed by atoms with Crippen molar-refractivity contribution in [2.75, 3.05) is 26.7 Å². The quantitative estimate of drug-likeness (QED) is 0.650. The van der Waals surface area contributed by atoms with Gasteiger partial charge in [0.15, 0.2) is 0 Å². The Labute approximate surface area is 79.1 Å². The van der Waals surface area contributed by atoms with Crippen molar-refractivity contribution in [1.82, 2.24) is 10.2 Å². The number of nitrogens with zero attached hydrogens (tertiary/aromatic N) is 1. The summed E-state index contributed by atoms with van der Waals surface area (Å²) in [5, 5.41) is 2.30. The van der Waals surface area contributed by atoms with E-state index in [1.807, 2.05) is 7.05 Å². The highest BCUT2D eigenvalue weighted by molar-refractivity contribution is 6.30. The molecular formula is C8H17ClN2O. The van der Waals surface area contributed by atoms with E-state index >= 15 is 0 Å². The van der Waals surface area contributed by atoms with Gasteiger partial charge < -0.3 is 10.2 Å². The predicted octanol–water partition coefficient (Wildman–Crippen LogP) is 0.682. The molecule has 0 aliphatic heterocycles. The van der Waals surface area contributed by atoms with Crippen LogP contribution in [0, 0.1) is 0 Å². The third kappa shape index (κ3) is 5.38. The van der Waals surface area contributed by atoms with Gasteiger partial charge in [0, 0.05) is 13.1 Å². The van der Waals surface area contributed by atoms with Gasteiger partial charge in [-0.15, -0.1) is 11.6 Å². The van der Waals surface area contributed by atoms with E-state index in [0.717, 1.165) is 13.1 Å². The van der Waals surface area contributed by atoms with Gasteiger partial charge in [0.2, 0.25) is 5.91 Å². The highest BCUT2D eigenvalue weighted by Crippen LogP contribution is 1.91. The predicted molar refractivity (Wildman–Crippen MR) is 51.5 cm³/mol. The third-order valence-electron chi connectivity index (χ3n) is 1.69. The molecule has 0 saturated carbocycles. The molecule has 12 heavy (non-hydrogen) atoms. The molecule has 1 unspecified atom stereocenters. The summed E-state index contributed by atoms with van der Waals surface area (Å²) >= 11 is 5.55. The maximum absolute atomic E-state index is 11.0. The number of alkyl halides is 1. The summed E-state index contributed by atoms with van der Waals surface area (Å²) < 4.78 is 0. The van der Waals surface area contributed by atoms with Gasteiger partial charge in [-0.25, -0.2) is 0 Å². The van der Waals surface area contributed by atoms with Crippen LogP contribution < -0.4 is 5.32 Å². The van der Waals surface area contributed by atoms with Crippen molar-refractivity contribution in [1.29, 1.82) is 0 Å². The SMILES string of the molecule is CCN(C)CCNC(=O)C(C)Cl. The fraction of sp³-hybridized carbons (Fsp3) is 0.875. The lowest BCUT2D eigenvalue weighted by molar-refractivity contribution is -0.120. The van der Waals surface area contributed by atoms with Crippen LogP contribution in [0.25, 0.3) is 0 Å². The Bertz CT molecular complexity index is 139. The average molecular weight is 193 g/mol. The minimum atomic E-state index is -0.433. The van der Waals surface area contributed by atoms with E-state index in [-0.39, 0.29) is 5.91 Å². The maximum Gasteiger partial charge on any atom is 0.237 e. The molecule has 0 radical (unpaired) electrons. The van der Waals surface area contributed by atoms with Crippen molar-refractivity contribution in [2.45, 2.75) is 19.2 Å². The molecule has 0 rings (SSSR count). The molecule has 0 aliphatic rings. The molecule has 0 saturated heterocycles. The van der Waals surface area contributed by atoms with E-state index in [1.165, 1.54) is 0 Å². The van der Waals surface area contributed by atoms with E-state index in [4.69, 9.17) is 11.6 Å². The minimum Gasteiger partial charge on any atom is -0.354 e. The number of hydrogen-bond acceptors (Lipinski definition) is 2. The van der Waals surface area contributed by atoms with E-state index in [9.17, 15) is 4.79 Å². The molecule has 3 nitrogen and oxygen atoms in total. The van der Waals surface area contributed by atoms with Crippen molar-refractivity contribution in [3.05, 3.63) is 0 Å². The first-order chi connectivity index (χ1) is 5.57. The van der Waals surface area contributed by atoms with Crippen molar-refractivity contribution in [2.24, 2.45) is 0 Å². The summed E-state index contributed by atoms with van der Waals surface area (Å²) in [6, 6.07) is 0. The summed E-state index contributed by atoms with van der Waals surface area (Å²) in [5.41, 5.74) is 0. The van der Waals surface area contributed by atoms with Crippen LogP contribution in [0.15, 0.2) is 0 Å². The van der Waals surface area contributed by atoms with Crippen molar-refractivity contribution in [3.8, 4) is 0 Å². The van der Waals surface area contributed by atoms with Gasteiger partial charge in [-0.1, -0.05) is 6.92 Å². The van der Waals surface area contributed by atoms with Crippen LogP contribution in [0.4, 0.5) is 0 Å². The molecule has 0 spiro atoms. The maximum atomic E-state index is 11.0. The second-order valence-corrected chi connectivity index (χ2v) is 3.46. The lowest BCUT2D eigenvalue weighted by Crippen LogP contribution is -2.36. The zero-order valence-electron chi connectivity index (χ0n) is 7.93. The number of halogens is 1. The van der Waals surface area contributed by atoms with Crippen molar-refractivity contribution < 1.29 is 4.79 Å². The molecule has 0 aromatic heterocycles. The second kappa shape index (κ2) is 6.26. The van der Waals surface area contributed by atoms with Crippen LogP contribution >= 0.6 is 11.6 Å². The van der Waals surface area contributed by atoms with Crippen LogP contribution in [-0.4, -0.2) is 42.9 Å². The van der Waals surface area contributed by atoms with Gasteiger partial charge in [-0.3, -0.25) is 4.79 Å². The standard InChI is InChI=1S/C8H17ClN2O/c1-4-11(3)6-5-10-8(12)7(2)9/h7H,4-6H2,1-3H3,(H,10,12). The monoisotopic (exact) mass is 192 g/mol. The molecule has 1 N–H and O–H groups in total. The minimum absolute atomic E-state index is 0.0961. The normalized spacial score (nSPS) is 13.1. The van der Waals surface area contributed by atoms with Crippen molar-refractivity contribution in [3.63, 3.8) is 0 Å². The van der Waals surface area contributed by atoms with Crippen molar-refractivity contribution >= 4 is 17.5 Å². The third-order valence-corrected chi connectivity index (χ3v) is 1.89. The first-order valence-electron chi connectivity index (χ1n) is 4.18. The smallest absolute Gasteiger partial charge is 0.237 e. The number of rotatable bonds is 5. The molecule has 1 atom stereocenters. The summed E-state index contributed by atoms with van der Waals surface area (Å²) in [6.07, 6.45) is 0. The Morgan fingerprint density at radius 1 is 1.67 bits per heavy atom. The lowest BCUT2D eigenvalue weighted by Gasteiger charge is -2.14. The molecular weight excluding hydrogens is 176 g/mol. The van der Waals surface area contributed by atoms with Crippen LogP contribution in [0.5, 0.6) is 0 Å². The highest BCUT2D eigenvalue weighted by atomic mass is 35.5. The van der Waals surface area contributed by atoms with E-state index in [2.05, 4.69) is 17.1 Å². The number of amides is 1. The number of carbonyl (C=O) groups excluding carboxylic acids is 1. The number of likely N-dealkylation sites (N-methyl/N-ethyl adjacent to an activating group) is 1.